The zero-order chi connectivity index (χ0) is 13.3. The molecule has 0 spiro atoms. The zero-order valence-corrected chi connectivity index (χ0v) is 9.43. The first kappa shape index (κ1) is 12.3. The van der Waals surface area contributed by atoms with E-state index in [0.717, 1.165) is 12.1 Å². The van der Waals surface area contributed by atoms with Crippen LogP contribution in [0.15, 0.2) is 30.5 Å². The highest BCUT2D eigenvalue weighted by molar-refractivity contribution is 5.67. The van der Waals surface area contributed by atoms with Crippen LogP contribution >= 0.6 is 0 Å². The molecule has 18 heavy (non-hydrogen) atoms. The van der Waals surface area contributed by atoms with Crippen molar-refractivity contribution in [1.29, 1.82) is 0 Å². The van der Waals surface area contributed by atoms with Gasteiger partial charge >= 0.3 is 0 Å². The molecule has 0 amide bonds. The Morgan fingerprint density at radius 3 is 2.39 bits per heavy atom. The molecule has 1 nitrogen and oxygen atoms in total. The number of allylic oxidation sites excluding steroid dienone is 2. The fraction of sp³-hybridized carbons (Fsp3) is 0.143. The Bertz CT molecular complexity index is 558. The summed E-state index contributed by atoms with van der Waals surface area (Å²) in [5, 5.41) is 2.88. The van der Waals surface area contributed by atoms with Gasteiger partial charge in [0.1, 0.15) is 0 Å². The van der Waals surface area contributed by atoms with Gasteiger partial charge in [-0.3, -0.25) is 0 Å². The van der Waals surface area contributed by atoms with E-state index in [0.29, 0.717) is 17.8 Å². The minimum Gasteiger partial charge on any atom is -0.358 e. The average Bonchev–Trinajstić information content (AvgIpc) is 2.35. The lowest BCUT2D eigenvalue weighted by Crippen LogP contribution is -2.22. The SMILES string of the molecule is C#CC1CC=C(c2cc(F)c(F)c(F)c2)NC1=C. The quantitative estimate of drug-likeness (QED) is 0.595. The van der Waals surface area contributed by atoms with Crippen molar-refractivity contribution < 1.29 is 13.2 Å². The van der Waals surface area contributed by atoms with Crippen LogP contribution in [0.1, 0.15) is 12.0 Å². The Balaban J connectivity index is 2.37. The molecule has 1 aliphatic rings. The lowest BCUT2D eigenvalue weighted by molar-refractivity contribution is 0.446. The Morgan fingerprint density at radius 2 is 1.89 bits per heavy atom. The number of halogens is 3. The second-order valence-electron chi connectivity index (χ2n) is 3.98. The molecule has 1 aliphatic heterocycles. The fourth-order valence-corrected chi connectivity index (χ4v) is 1.76. The molecule has 1 N–H and O–H groups in total. The van der Waals surface area contributed by atoms with Crippen LogP contribution in [-0.4, -0.2) is 0 Å². The van der Waals surface area contributed by atoms with E-state index in [9.17, 15) is 13.2 Å². The summed E-state index contributed by atoms with van der Waals surface area (Å²) in [7, 11) is 0. The van der Waals surface area contributed by atoms with Gasteiger partial charge in [-0.25, -0.2) is 13.2 Å². The fourth-order valence-electron chi connectivity index (χ4n) is 1.76. The minimum absolute atomic E-state index is 0.149. The van der Waals surface area contributed by atoms with Crippen LogP contribution < -0.4 is 5.32 Å². The van der Waals surface area contributed by atoms with Crippen LogP contribution in [0.25, 0.3) is 5.70 Å². The molecule has 1 aromatic carbocycles. The van der Waals surface area contributed by atoms with Crippen molar-refractivity contribution in [3.8, 4) is 12.3 Å². The van der Waals surface area contributed by atoms with E-state index in [-0.39, 0.29) is 11.5 Å². The molecule has 0 aromatic heterocycles. The minimum atomic E-state index is -1.48. The van der Waals surface area contributed by atoms with Crippen molar-refractivity contribution in [1.82, 2.24) is 5.32 Å². The van der Waals surface area contributed by atoms with Crippen LogP contribution in [0.5, 0.6) is 0 Å². The van der Waals surface area contributed by atoms with Gasteiger partial charge in [-0.05, 0) is 18.6 Å². The molecule has 4 heteroatoms. The molecule has 2 rings (SSSR count). The highest BCUT2D eigenvalue weighted by Gasteiger charge is 2.19. The van der Waals surface area contributed by atoms with E-state index in [4.69, 9.17) is 6.42 Å². The maximum atomic E-state index is 13.1. The number of hydrogen-bond acceptors (Lipinski definition) is 1. The first-order valence-electron chi connectivity index (χ1n) is 5.30. The number of terminal acetylenes is 1. The lowest BCUT2D eigenvalue weighted by Gasteiger charge is -2.23. The molecular formula is C14H10F3N. The van der Waals surface area contributed by atoms with Gasteiger partial charge in [0.05, 0.1) is 5.92 Å². The normalized spacial score (nSPS) is 18.9. The molecule has 0 saturated heterocycles. The third-order valence-electron chi connectivity index (χ3n) is 2.77. The molecule has 92 valence electrons. The van der Waals surface area contributed by atoms with E-state index < -0.39 is 17.5 Å². The van der Waals surface area contributed by atoms with Gasteiger partial charge < -0.3 is 5.32 Å². The molecule has 0 fully saturated rings. The summed E-state index contributed by atoms with van der Waals surface area (Å²) >= 11 is 0. The monoisotopic (exact) mass is 249 g/mol. The molecule has 0 saturated carbocycles. The van der Waals surface area contributed by atoms with E-state index in [1.165, 1.54) is 0 Å². The summed E-state index contributed by atoms with van der Waals surface area (Å²) in [6, 6.07) is 1.86. The summed E-state index contributed by atoms with van der Waals surface area (Å²) < 4.78 is 39.1. The van der Waals surface area contributed by atoms with Crippen molar-refractivity contribution in [2.24, 2.45) is 5.92 Å². The van der Waals surface area contributed by atoms with Gasteiger partial charge in [-0.1, -0.05) is 18.6 Å². The molecule has 1 aromatic rings. The summed E-state index contributed by atoms with van der Waals surface area (Å²) in [6.45, 7) is 3.75. The van der Waals surface area contributed by atoms with E-state index in [1.807, 2.05) is 0 Å². The molecule has 0 radical (unpaired) electrons. The van der Waals surface area contributed by atoms with Crippen LogP contribution in [0.3, 0.4) is 0 Å². The second-order valence-corrected chi connectivity index (χ2v) is 3.98. The lowest BCUT2D eigenvalue weighted by atomic mass is 9.96. The topological polar surface area (TPSA) is 12.0 Å². The predicted octanol–water partition coefficient (Wildman–Crippen LogP) is 3.20. The average molecular weight is 249 g/mol. The van der Waals surface area contributed by atoms with Crippen LogP contribution in [0.4, 0.5) is 13.2 Å². The standard InChI is InChI=1S/C14H10F3N/c1-3-9-4-5-13(18-8(9)2)10-6-11(15)14(17)12(16)7-10/h1,5-7,9,18H,2,4H2. The molecule has 1 atom stereocenters. The van der Waals surface area contributed by atoms with Gasteiger partial charge in [-0.2, -0.15) is 0 Å². The van der Waals surface area contributed by atoms with Crippen molar-refractivity contribution >= 4 is 5.70 Å². The second kappa shape index (κ2) is 4.61. The number of nitrogens with one attached hydrogen (secondary N) is 1. The molecular weight excluding hydrogens is 239 g/mol. The van der Waals surface area contributed by atoms with E-state index >= 15 is 0 Å². The van der Waals surface area contributed by atoms with Gasteiger partial charge in [-0.15, -0.1) is 6.42 Å². The Morgan fingerprint density at radius 1 is 1.28 bits per heavy atom. The number of benzene rings is 1. The van der Waals surface area contributed by atoms with Gasteiger partial charge in [0.2, 0.25) is 0 Å². The summed E-state index contributed by atoms with van der Waals surface area (Å²) in [5.41, 5.74) is 1.28. The number of hydrogen-bond donors (Lipinski definition) is 1. The first-order valence-corrected chi connectivity index (χ1v) is 5.30. The van der Waals surface area contributed by atoms with Crippen LogP contribution in [0, 0.1) is 35.7 Å². The van der Waals surface area contributed by atoms with Crippen molar-refractivity contribution in [2.45, 2.75) is 6.42 Å². The summed E-state index contributed by atoms with van der Waals surface area (Å²) in [4.78, 5) is 0. The third-order valence-corrected chi connectivity index (χ3v) is 2.77. The largest absolute Gasteiger partial charge is 0.358 e. The van der Waals surface area contributed by atoms with Gasteiger partial charge in [0.15, 0.2) is 17.5 Å². The van der Waals surface area contributed by atoms with E-state index in [2.05, 4.69) is 17.8 Å². The number of rotatable bonds is 1. The summed E-state index contributed by atoms with van der Waals surface area (Å²) in [6.07, 6.45) is 7.54. The Labute approximate surface area is 103 Å². The summed E-state index contributed by atoms with van der Waals surface area (Å²) in [5.74, 6) is -1.53. The van der Waals surface area contributed by atoms with Gasteiger partial charge in [0, 0.05) is 17.0 Å². The Kier molecular flexibility index (Phi) is 3.15. The Hall–Kier alpha value is -2.15. The highest BCUT2D eigenvalue weighted by Crippen LogP contribution is 2.26. The molecule has 0 bridgehead atoms. The zero-order valence-electron chi connectivity index (χ0n) is 9.43. The third kappa shape index (κ3) is 2.12. The predicted molar refractivity (Wildman–Crippen MR) is 63.5 cm³/mol. The van der Waals surface area contributed by atoms with Crippen molar-refractivity contribution in [3.63, 3.8) is 0 Å². The maximum absolute atomic E-state index is 13.1. The van der Waals surface area contributed by atoms with Crippen LogP contribution in [-0.2, 0) is 0 Å². The maximum Gasteiger partial charge on any atom is 0.194 e. The van der Waals surface area contributed by atoms with Crippen molar-refractivity contribution in [3.05, 3.63) is 53.5 Å². The molecule has 1 heterocycles. The van der Waals surface area contributed by atoms with Crippen molar-refractivity contribution in [2.75, 3.05) is 0 Å². The smallest absolute Gasteiger partial charge is 0.194 e. The molecule has 0 aliphatic carbocycles. The van der Waals surface area contributed by atoms with E-state index in [1.54, 1.807) is 6.08 Å². The van der Waals surface area contributed by atoms with Crippen LogP contribution in [0.2, 0.25) is 0 Å². The van der Waals surface area contributed by atoms with Gasteiger partial charge in [0.25, 0.3) is 0 Å². The molecule has 1 unspecified atom stereocenters. The first-order chi connectivity index (χ1) is 8.52. The highest BCUT2D eigenvalue weighted by atomic mass is 19.2.